The number of aromatic hydroxyl groups is 2. The molecule has 176 valence electrons. The van der Waals surface area contributed by atoms with Gasteiger partial charge in [-0.3, -0.25) is 13.9 Å². The van der Waals surface area contributed by atoms with Crippen molar-refractivity contribution in [3.05, 3.63) is 57.0 Å². The third-order valence-electron chi connectivity index (χ3n) is 4.78. The van der Waals surface area contributed by atoms with Gasteiger partial charge in [0, 0.05) is 33.1 Å². The quantitative estimate of drug-likeness (QED) is 0.272. The summed E-state index contributed by atoms with van der Waals surface area (Å²) in [4.78, 5) is 49.6. The molecular weight excluding hydrogens is 432 g/mol. The standard InChI is InChI=1S/C13H18N4O3.C9H8O4/c1-9(18)6-4-5-7-17-12(19)10-11(14-8-15(10)2)16(3)13(17)20;10-7-3-1-6(5-8(7)11)2-4-9(12)13/h8H,4-7H2,1-3H3;1-5,10-11H,(H,12,13)/b;4-2+. The molecule has 3 rings (SSSR count). The Kier molecular flexibility index (Phi) is 8.32. The van der Waals surface area contributed by atoms with Crippen LogP contribution in [0.4, 0.5) is 0 Å². The lowest BCUT2D eigenvalue weighted by Gasteiger charge is -2.08. The summed E-state index contributed by atoms with van der Waals surface area (Å²) in [5, 5.41) is 26.3. The predicted molar refractivity (Wildman–Crippen MR) is 121 cm³/mol. The van der Waals surface area contributed by atoms with E-state index < -0.39 is 5.97 Å². The number of benzene rings is 1. The van der Waals surface area contributed by atoms with Gasteiger partial charge >= 0.3 is 11.7 Å². The van der Waals surface area contributed by atoms with Gasteiger partial charge in [-0.25, -0.2) is 14.6 Å². The molecule has 33 heavy (non-hydrogen) atoms. The van der Waals surface area contributed by atoms with Crippen LogP contribution in [0.5, 0.6) is 11.5 Å². The van der Waals surface area contributed by atoms with E-state index in [1.165, 1.54) is 46.7 Å². The zero-order valence-electron chi connectivity index (χ0n) is 18.6. The van der Waals surface area contributed by atoms with E-state index in [9.17, 15) is 19.2 Å². The monoisotopic (exact) mass is 458 g/mol. The maximum atomic E-state index is 12.3. The number of aromatic nitrogens is 4. The van der Waals surface area contributed by atoms with Gasteiger partial charge in [-0.1, -0.05) is 6.07 Å². The maximum Gasteiger partial charge on any atom is 0.332 e. The lowest BCUT2D eigenvalue weighted by Crippen LogP contribution is -2.39. The molecule has 0 spiro atoms. The number of carbonyl (C=O) groups is 2. The fraction of sp³-hybridized carbons (Fsp3) is 0.318. The summed E-state index contributed by atoms with van der Waals surface area (Å²) in [6, 6.07) is 4.06. The first-order valence-electron chi connectivity index (χ1n) is 10.1. The molecule has 0 aliphatic rings. The number of ketones is 1. The molecule has 0 saturated carbocycles. The van der Waals surface area contributed by atoms with Gasteiger partial charge in [0.05, 0.1) is 6.33 Å². The summed E-state index contributed by atoms with van der Waals surface area (Å²) in [6.07, 6.45) is 5.56. The highest BCUT2D eigenvalue weighted by Gasteiger charge is 2.14. The number of rotatable bonds is 7. The largest absolute Gasteiger partial charge is 0.504 e. The number of carboxylic acid groups (broad SMARTS) is 1. The van der Waals surface area contributed by atoms with Crippen molar-refractivity contribution in [3.63, 3.8) is 0 Å². The van der Waals surface area contributed by atoms with E-state index in [0.29, 0.717) is 42.5 Å². The number of phenolic OH excluding ortho intramolecular Hbond substituents is 2. The van der Waals surface area contributed by atoms with Gasteiger partial charge in [0.1, 0.15) is 5.78 Å². The van der Waals surface area contributed by atoms with Crippen LogP contribution in [0, 0.1) is 0 Å². The van der Waals surface area contributed by atoms with Crippen LogP contribution in [0.1, 0.15) is 31.7 Å². The van der Waals surface area contributed by atoms with Gasteiger partial charge in [-0.15, -0.1) is 0 Å². The molecule has 2 aromatic heterocycles. The number of Topliss-reactive ketones (excluding diaryl/α,β-unsaturated/α-hetero) is 1. The number of carboxylic acids is 1. The van der Waals surface area contributed by atoms with E-state index in [2.05, 4.69) is 4.98 Å². The molecule has 0 aliphatic heterocycles. The zero-order chi connectivity index (χ0) is 24.7. The van der Waals surface area contributed by atoms with Gasteiger partial charge in [-0.2, -0.15) is 0 Å². The average Bonchev–Trinajstić information content (AvgIpc) is 3.14. The Balaban J connectivity index is 0.000000257. The van der Waals surface area contributed by atoms with Crippen LogP contribution in [-0.2, 0) is 30.2 Å². The molecule has 0 unspecified atom stereocenters. The molecule has 3 N–H and O–H groups in total. The highest BCUT2D eigenvalue weighted by molar-refractivity contribution is 5.85. The van der Waals surface area contributed by atoms with Crippen molar-refractivity contribution in [1.82, 2.24) is 18.7 Å². The number of hydrogen-bond donors (Lipinski definition) is 3. The summed E-state index contributed by atoms with van der Waals surface area (Å²) in [7, 11) is 3.32. The van der Waals surface area contributed by atoms with Crippen molar-refractivity contribution in [3.8, 4) is 11.5 Å². The van der Waals surface area contributed by atoms with Gasteiger partial charge in [-0.05, 0) is 43.5 Å². The Morgan fingerprint density at radius 1 is 1.09 bits per heavy atom. The minimum absolute atomic E-state index is 0.118. The molecule has 1 aromatic carbocycles. The molecule has 0 bridgehead atoms. The third kappa shape index (κ3) is 6.42. The van der Waals surface area contributed by atoms with Crippen LogP contribution in [0.15, 0.2) is 40.2 Å². The van der Waals surface area contributed by atoms with Crippen molar-refractivity contribution in [2.45, 2.75) is 32.7 Å². The summed E-state index contributed by atoms with van der Waals surface area (Å²) < 4.78 is 4.20. The number of phenols is 2. The summed E-state index contributed by atoms with van der Waals surface area (Å²) in [5.41, 5.74) is 0.619. The van der Waals surface area contributed by atoms with Gasteiger partial charge < -0.3 is 24.7 Å². The molecule has 0 radical (unpaired) electrons. The second kappa shape index (κ2) is 10.9. The van der Waals surface area contributed by atoms with Crippen LogP contribution in [0.3, 0.4) is 0 Å². The normalized spacial score (nSPS) is 10.9. The summed E-state index contributed by atoms with van der Waals surface area (Å²) in [5.74, 6) is -1.44. The Morgan fingerprint density at radius 3 is 2.39 bits per heavy atom. The smallest absolute Gasteiger partial charge is 0.332 e. The average molecular weight is 458 g/mol. The summed E-state index contributed by atoms with van der Waals surface area (Å²) in [6.45, 7) is 1.85. The van der Waals surface area contributed by atoms with Gasteiger partial charge in [0.2, 0.25) is 0 Å². The molecular formula is C22H26N4O7. The minimum Gasteiger partial charge on any atom is -0.504 e. The Labute approximate surface area is 188 Å². The van der Waals surface area contributed by atoms with E-state index in [4.69, 9.17) is 15.3 Å². The number of hydrogen-bond acceptors (Lipinski definition) is 7. The molecule has 0 atom stereocenters. The molecule has 2 heterocycles. The predicted octanol–water partition coefficient (Wildman–Crippen LogP) is 1.39. The second-order valence-corrected chi connectivity index (χ2v) is 7.40. The first-order chi connectivity index (χ1) is 15.5. The highest BCUT2D eigenvalue weighted by atomic mass is 16.4. The number of aliphatic carboxylic acids is 1. The van der Waals surface area contributed by atoms with Crippen molar-refractivity contribution in [1.29, 1.82) is 0 Å². The van der Waals surface area contributed by atoms with Crippen LogP contribution >= 0.6 is 0 Å². The van der Waals surface area contributed by atoms with Crippen LogP contribution in [0.25, 0.3) is 17.2 Å². The highest BCUT2D eigenvalue weighted by Crippen LogP contribution is 2.25. The van der Waals surface area contributed by atoms with Gasteiger partial charge in [0.15, 0.2) is 22.7 Å². The lowest BCUT2D eigenvalue weighted by atomic mass is 10.2. The topological polar surface area (TPSA) is 157 Å². The SMILES string of the molecule is CC(=O)CCCCn1c(=O)c2c(ncn2C)n(C)c1=O.O=C(O)/C=C/c1ccc(O)c(O)c1. The first-order valence-corrected chi connectivity index (χ1v) is 10.1. The molecule has 11 nitrogen and oxygen atoms in total. The van der Waals surface area contributed by atoms with Crippen molar-refractivity contribution < 1.29 is 24.9 Å². The molecule has 11 heteroatoms. The Hall–Kier alpha value is -4.15. The Morgan fingerprint density at radius 2 is 1.79 bits per heavy atom. The fourth-order valence-electron chi connectivity index (χ4n) is 3.05. The van der Waals surface area contributed by atoms with Crippen molar-refractivity contribution in [2.75, 3.05) is 0 Å². The number of nitrogens with zero attached hydrogens (tertiary/aromatic N) is 4. The fourth-order valence-corrected chi connectivity index (χ4v) is 3.05. The lowest BCUT2D eigenvalue weighted by molar-refractivity contribution is -0.131. The van der Waals surface area contributed by atoms with E-state index in [1.807, 2.05) is 0 Å². The molecule has 3 aromatic rings. The molecule has 0 aliphatic carbocycles. The van der Waals surface area contributed by atoms with E-state index >= 15 is 0 Å². The van der Waals surface area contributed by atoms with Crippen molar-refractivity contribution in [2.24, 2.45) is 14.1 Å². The number of unbranched alkanes of at least 4 members (excludes halogenated alkanes) is 1. The van der Waals surface area contributed by atoms with Crippen LogP contribution in [-0.4, -0.2) is 45.8 Å². The van der Waals surface area contributed by atoms with Crippen molar-refractivity contribution >= 4 is 29.0 Å². The molecule has 0 amide bonds. The molecule has 0 saturated heterocycles. The summed E-state index contributed by atoms with van der Waals surface area (Å²) >= 11 is 0. The van der Waals surface area contributed by atoms with Crippen LogP contribution in [0.2, 0.25) is 0 Å². The van der Waals surface area contributed by atoms with E-state index in [-0.39, 0.29) is 28.5 Å². The number of aryl methyl sites for hydroxylation is 2. The molecule has 0 fully saturated rings. The maximum absolute atomic E-state index is 12.3. The van der Waals surface area contributed by atoms with E-state index in [0.717, 1.165) is 6.08 Å². The Bertz CT molecular complexity index is 1310. The van der Waals surface area contributed by atoms with E-state index in [1.54, 1.807) is 18.7 Å². The second-order valence-electron chi connectivity index (χ2n) is 7.40. The van der Waals surface area contributed by atoms with Gasteiger partial charge in [0.25, 0.3) is 5.56 Å². The third-order valence-corrected chi connectivity index (χ3v) is 4.78. The first kappa shape index (κ1) is 25.1. The number of imidazole rings is 1. The minimum atomic E-state index is -1.06. The van der Waals surface area contributed by atoms with Crippen LogP contribution < -0.4 is 11.2 Å². The zero-order valence-corrected chi connectivity index (χ0v) is 18.6. The number of fused-ring (bicyclic) bond motifs is 1. The number of carbonyl (C=O) groups excluding carboxylic acids is 1.